The number of hydrogen-bond acceptors (Lipinski definition) is 3. The molecule has 0 amide bonds. The van der Waals surface area contributed by atoms with Crippen molar-refractivity contribution in [2.45, 2.75) is 6.04 Å². The van der Waals surface area contributed by atoms with Gasteiger partial charge in [0.05, 0.1) is 12.9 Å². The Labute approximate surface area is 60.4 Å². The highest BCUT2D eigenvalue weighted by Crippen LogP contribution is 2.12. The summed E-state index contributed by atoms with van der Waals surface area (Å²) >= 11 is 0. The average molecular weight is 140 g/mol. The molecule has 56 valence electrons. The molecule has 0 aromatic rings. The van der Waals surface area contributed by atoms with Gasteiger partial charge in [0.25, 0.3) is 0 Å². The molecule has 10 heavy (non-hydrogen) atoms. The molecule has 0 aromatic heterocycles. The van der Waals surface area contributed by atoms with Crippen LogP contribution in [0.3, 0.4) is 0 Å². The molecule has 2 aliphatic rings. The zero-order valence-electron chi connectivity index (χ0n) is 5.84. The molecule has 2 N–H and O–H groups in total. The van der Waals surface area contributed by atoms with Gasteiger partial charge in [-0.25, -0.2) is 0 Å². The number of ether oxygens (including phenoxy) is 1. The molecular formula is C7H12N2O. The molecule has 2 aliphatic heterocycles. The van der Waals surface area contributed by atoms with E-state index in [9.17, 15) is 0 Å². The maximum Gasteiger partial charge on any atom is 0.0931 e. The Bertz CT molecular complexity index is 147. The summed E-state index contributed by atoms with van der Waals surface area (Å²) in [5.41, 5.74) is 0. The van der Waals surface area contributed by atoms with Crippen LogP contribution in [0.2, 0.25) is 0 Å². The van der Waals surface area contributed by atoms with E-state index in [1.807, 2.05) is 0 Å². The lowest BCUT2D eigenvalue weighted by molar-refractivity contribution is 0.136. The summed E-state index contributed by atoms with van der Waals surface area (Å²) in [6, 6.07) is 0.537. The van der Waals surface area contributed by atoms with Gasteiger partial charge in [-0.2, -0.15) is 0 Å². The van der Waals surface area contributed by atoms with E-state index in [1.165, 1.54) is 0 Å². The van der Waals surface area contributed by atoms with Gasteiger partial charge in [0.1, 0.15) is 0 Å². The molecule has 3 nitrogen and oxygen atoms in total. The SMILES string of the molecule is C1=CC2NCNCC2CO1. The molecule has 0 spiro atoms. The third-order valence-electron chi connectivity index (χ3n) is 2.07. The molecule has 2 atom stereocenters. The second kappa shape index (κ2) is 2.60. The topological polar surface area (TPSA) is 33.3 Å². The summed E-state index contributed by atoms with van der Waals surface area (Å²) in [5, 5.41) is 6.60. The van der Waals surface area contributed by atoms with Crippen LogP contribution in [0.1, 0.15) is 0 Å². The van der Waals surface area contributed by atoms with Gasteiger partial charge in [-0.1, -0.05) is 0 Å². The Morgan fingerprint density at radius 1 is 1.50 bits per heavy atom. The molecule has 0 radical (unpaired) electrons. The van der Waals surface area contributed by atoms with Crippen molar-refractivity contribution in [3.63, 3.8) is 0 Å². The first-order valence-electron chi connectivity index (χ1n) is 3.69. The first-order valence-corrected chi connectivity index (χ1v) is 3.69. The average Bonchev–Trinajstić information content (AvgIpc) is 2.05. The van der Waals surface area contributed by atoms with E-state index in [0.717, 1.165) is 19.8 Å². The zero-order valence-corrected chi connectivity index (χ0v) is 5.84. The smallest absolute Gasteiger partial charge is 0.0931 e. The minimum absolute atomic E-state index is 0.537. The lowest BCUT2D eigenvalue weighted by Crippen LogP contribution is -2.52. The molecule has 2 heterocycles. The van der Waals surface area contributed by atoms with Crippen molar-refractivity contribution in [2.24, 2.45) is 5.92 Å². The summed E-state index contributed by atoms with van der Waals surface area (Å²) in [6.07, 6.45) is 3.88. The van der Waals surface area contributed by atoms with Crippen LogP contribution in [0, 0.1) is 5.92 Å². The molecule has 3 heteroatoms. The number of hydrogen-bond donors (Lipinski definition) is 2. The monoisotopic (exact) mass is 140 g/mol. The van der Waals surface area contributed by atoms with Crippen LogP contribution in [-0.2, 0) is 4.74 Å². The third-order valence-corrected chi connectivity index (χ3v) is 2.07. The standard InChI is InChI=1S/C7H12N2O/c1-2-10-4-6-3-8-5-9-7(1)6/h1-2,6-9H,3-5H2. The van der Waals surface area contributed by atoms with Crippen molar-refractivity contribution in [1.29, 1.82) is 0 Å². The van der Waals surface area contributed by atoms with E-state index < -0.39 is 0 Å². The summed E-state index contributed by atoms with van der Waals surface area (Å²) in [4.78, 5) is 0. The van der Waals surface area contributed by atoms with Crippen LogP contribution >= 0.6 is 0 Å². The lowest BCUT2D eigenvalue weighted by atomic mass is 9.98. The fourth-order valence-electron chi connectivity index (χ4n) is 1.45. The largest absolute Gasteiger partial charge is 0.501 e. The van der Waals surface area contributed by atoms with Gasteiger partial charge in [-0.3, -0.25) is 5.32 Å². The third kappa shape index (κ3) is 1.02. The van der Waals surface area contributed by atoms with Crippen molar-refractivity contribution in [3.8, 4) is 0 Å². The van der Waals surface area contributed by atoms with Gasteiger partial charge in [-0.15, -0.1) is 0 Å². The van der Waals surface area contributed by atoms with E-state index in [2.05, 4.69) is 16.7 Å². The predicted octanol–water partition coefficient (Wildman–Crippen LogP) is -0.335. The lowest BCUT2D eigenvalue weighted by Gasteiger charge is -2.33. The van der Waals surface area contributed by atoms with Gasteiger partial charge in [0.2, 0.25) is 0 Å². The van der Waals surface area contributed by atoms with Gasteiger partial charge in [0, 0.05) is 25.2 Å². The van der Waals surface area contributed by atoms with Crippen molar-refractivity contribution >= 4 is 0 Å². The Morgan fingerprint density at radius 2 is 2.50 bits per heavy atom. The summed E-state index contributed by atoms with van der Waals surface area (Å²) in [6.45, 7) is 2.84. The van der Waals surface area contributed by atoms with Crippen molar-refractivity contribution < 1.29 is 4.74 Å². The van der Waals surface area contributed by atoms with Gasteiger partial charge in [0.15, 0.2) is 0 Å². The van der Waals surface area contributed by atoms with Crippen LogP contribution in [0.15, 0.2) is 12.3 Å². The minimum atomic E-state index is 0.537. The molecular weight excluding hydrogens is 128 g/mol. The van der Waals surface area contributed by atoms with Crippen LogP contribution in [0.4, 0.5) is 0 Å². The van der Waals surface area contributed by atoms with Gasteiger partial charge >= 0.3 is 0 Å². The molecule has 2 unspecified atom stereocenters. The molecule has 0 saturated carbocycles. The van der Waals surface area contributed by atoms with Gasteiger partial charge < -0.3 is 10.1 Å². The summed E-state index contributed by atoms with van der Waals surface area (Å²) in [7, 11) is 0. The quantitative estimate of drug-likeness (QED) is 0.483. The fraction of sp³-hybridized carbons (Fsp3) is 0.714. The summed E-state index contributed by atoms with van der Waals surface area (Å²) in [5.74, 6) is 0.624. The van der Waals surface area contributed by atoms with E-state index in [4.69, 9.17) is 4.74 Å². The van der Waals surface area contributed by atoms with Crippen molar-refractivity contribution in [1.82, 2.24) is 10.6 Å². The minimum Gasteiger partial charge on any atom is -0.501 e. The van der Waals surface area contributed by atoms with E-state index in [-0.39, 0.29) is 0 Å². The highest BCUT2D eigenvalue weighted by atomic mass is 16.5. The summed E-state index contributed by atoms with van der Waals surface area (Å²) < 4.78 is 5.18. The Balaban J connectivity index is 2.03. The molecule has 0 bridgehead atoms. The second-order valence-electron chi connectivity index (χ2n) is 2.78. The maximum absolute atomic E-state index is 5.18. The van der Waals surface area contributed by atoms with Crippen molar-refractivity contribution in [3.05, 3.63) is 12.3 Å². The molecule has 2 rings (SSSR count). The maximum atomic E-state index is 5.18. The van der Waals surface area contributed by atoms with Crippen molar-refractivity contribution in [2.75, 3.05) is 19.8 Å². The predicted molar refractivity (Wildman–Crippen MR) is 38.4 cm³/mol. The number of rotatable bonds is 0. The highest BCUT2D eigenvalue weighted by Gasteiger charge is 2.24. The fourth-order valence-corrected chi connectivity index (χ4v) is 1.45. The second-order valence-corrected chi connectivity index (χ2v) is 2.78. The Morgan fingerprint density at radius 3 is 3.40 bits per heavy atom. The van der Waals surface area contributed by atoms with Gasteiger partial charge in [-0.05, 0) is 6.08 Å². The first kappa shape index (κ1) is 6.19. The van der Waals surface area contributed by atoms with Crippen LogP contribution in [-0.4, -0.2) is 25.9 Å². The number of fused-ring (bicyclic) bond motifs is 1. The van der Waals surface area contributed by atoms with E-state index in [1.54, 1.807) is 6.26 Å². The number of nitrogens with one attached hydrogen (secondary N) is 2. The zero-order chi connectivity index (χ0) is 6.81. The van der Waals surface area contributed by atoms with E-state index in [0.29, 0.717) is 12.0 Å². The normalized spacial score (nSPS) is 38.4. The van der Waals surface area contributed by atoms with Crippen LogP contribution in [0.5, 0.6) is 0 Å². The Kier molecular flexibility index (Phi) is 1.61. The van der Waals surface area contributed by atoms with Crippen LogP contribution < -0.4 is 10.6 Å². The Hall–Kier alpha value is -0.540. The molecule has 1 saturated heterocycles. The molecule has 0 aliphatic carbocycles. The highest BCUT2D eigenvalue weighted by molar-refractivity contribution is 4.99. The molecule has 1 fully saturated rings. The first-order chi connectivity index (χ1) is 4.97. The van der Waals surface area contributed by atoms with Crippen LogP contribution in [0.25, 0.3) is 0 Å². The molecule has 0 aromatic carbocycles. The van der Waals surface area contributed by atoms with E-state index >= 15 is 0 Å².